The average molecular weight is 429 g/mol. The number of aromatic nitrogens is 6. The number of hydrogen-bond donors (Lipinski definition) is 0. The Morgan fingerprint density at radius 3 is 2.61 bits per heavy atom. The first-order valence-corrected chi connectivity index (χ1v) is 9.30. The van der Waals surface area contributed by atoms with E-state index in [9.17, 15) is 13.2 Å². The lowest BCUT2D eigenvalue weighted by molar-refractivity contribution is 0.116. The fourth-order valence-electron chi connectivity index (χ4n) is 2.99. The molecule has 0 aliphatic heterocycles. The molecule has 0 amide bonds. The molecule has 0 aliphatic carbocycles. The highest BCUT2D eigenvalue weighted by atomic mass is 19.3. The second-order valence-electron chi connectivity index (χ2n) is 7.10. The Kier molecular flexibility index (Phi) is 5.76. The average Bonchev–Trinajstić information content (AvgIpc) is 3.40. The Morgan fingerprint density at radius 2 is 1.94 bits per heavy atom. The molecule has 0 spiro atoms. The molecule has 8 nitrogen and oxygen atoms in total. The minimum atomic E-state index is -2.83. The van der Waals surface area contributed by atoms with Gasteiger partial charge in [0.25, 0.3) is 5.89 Å². The third kappa shape index (κ3) is 4.61. The van der Waals surface area contributed by atoms with E-state index in [0.717, 1.165) is 0 Å². The molecular weight excluding hydrogens is 411 g/mol. The number of halogens is 3. The quantitative estimate of drug-likeness (QED) is 0.444. The molecule has 160 valence electrons. The summed E-state index contributed by atoms with van der Waals surface area (Å²) in [6, 6.07) is 8.50. The lowest BCUT2D eigenvalue weighted by Gasteiger charge is -2.11. The van der Waals surface area contributed by atoms with Crippen molar-refractivity contribution in [3.63, 3.8) is 0 Å². The van der Waals surface area contributed by atoms with Gasteiger partial charge in [0.1, 0.15) is 11.5 Å². The molecule has 4 rings (SSSR count). The molecule has 0 aliphatic rings. The molecule has 4 aromatic rings. The van der Waals surface area contributed by atoms with E-state index in [4.69, 9.17) is 4.42 Å². The molecule has 0 fully saturated rings. The Morgan fingerprint density at radius 1 is 1.10 bits per heavy atom. The van der Waals surface area contributed by atoms with Crippen molar-refractivity contribution >= 4 is 0 Å². The zero-order valence-corrected chi connectivity index (χ0v) is 16.7. The molecule has 3 heterocycles. The molecule has 0 saturated carbocycles. The number of hydrogen-bond acceptors (Lipinski definition) is 7. The number of alkyl halides is 2. The molecule has 3 aromatic heterocycles. The highest BCUT2D eigenvalue weighted by Gasteiger charge is 2.17. The topological polar surface area (TPSA) is 85.8 Å². The molecule has 0 bridgehead atoms. The largest absolute Gasteiger partial charge is 0.415 e. The maximum Gasteiger partial charge on any atom is 0.314 e. The number of benzene rings is 1. The second-order valence-corrected chi connectivity index (χ2v) is 7.10. The van der Waals surface area contributed by atoms with Gasteiger partial charge in [0, 0.05) is 23.9 Å². The summed E-state index contributed by atoms with van der Waals surface area (Å²) in [6.07, 6.45) is 0.254. The molecule has 0 unspecified atom stereocenters. The third-order valence-corrected chi connectivity index (χ3v) is 4.40. The Hall–Kier alpha value is -3.60. The fraction of sp³-hybridized carbons (Fsp3) is 0.250. The Bertz CT molecular complexity index is 1170. The highest BCUT2D eigenvalue weighted by molar-refractivity contribution is 5.60. The van der Waals surface area contributed by atoms with Crippen LogP contribution in [0.25, 0.3) is 22.7 Å². The van der Waals surface area contributed by atoms with E-state index >= 15 is 0 Å². The number of pyridine rings is 1. The summed E-state index contributed by atoms with van der Waals surface area (Å²) in [5.74, 6) is -1.10. The van der Waals surface area contributed by atoms with Gasteiger partial charge in [-0.15, -0.1) is 15.3 Å². The van der Waals surface area contributed by atoms with Crippen LogP contribution in [0.2, 0.25) is 0 Å². The molecule has 0 N–H and O–H groups in total. The van der Waals surface area contributed by atoms with Crippen molar-refractivity contribution in [2.45, 2.75) is 19.5 Å². The van der Waals surface area contributed by atoms with Crippen LogP contribution in [0.3, 0.4) is 0 Å². The van der Waals surface area contributed by atoms with Crippen LogP contribution in [0.15, 0.2) is 47.1 Å². The molecule has 1 aromatic carbocycles. The first-order valence-electron chi connectivity index (χ1n) is 9.30. The van der Waals surface area contributed by atoms with Gasteiger partial charge in [-0.3, -0.25) is 4.98 Å². The summed E-state index contributed by atoms with van der Waals surface area (Å²) in [5.41, 5.74) is 2.42. The van der Waals surface area contributed by atoms with Gasteiger partial charge in [-0.25, -0.2) is 9.07 Å². The van der Waals surface area contributed by atoms with E-state index in [1.54, 1.807) is 36.5 Å². The Balaban J connectivity index is 1.49. The first kappa shape index (κ1) is 20.7. The SMILES string of the molecule is CN(C)Cc1cccc(-c2cn(Cc3ccc(-c4nnc(C(F)F)o4)cn3)nn2)c1F. The van der Waals surface area contributed by atoms with E-state index in [-0.39, 0.29) is 11.7 Å². The van der Waals surface area contributed by atoms with Gasteiger partial charge in [-0.2, -0.15) is 8.78 Å². The van der Waals surface area contributed by atoms with Crippen molar-refractivity contribution in [1.29, 1.82) is 0 Å². The lowest BCUT2D eigenvalue weighted by Crippen LogP contribution is -2.12. The highest BCUT2D eigenvalue weighted by Crippen LogP contribution is 2.25. The summed E-state index contributed by atoms with van der Waals surface area (Å²) in [7, 11) is 3.74. The monoisotopic (exact) mass is 429 g/mol. The van der Waals surface area contributed by atoms with Crippen molar-refractivity contribution in [1.82, 2.24) is 35.1 Å². The molecule has 31 heavy (non-hydrogen) atoms. The van der Waals surface area contributed by atoms with E-state index in [1.165, 1.54) is 10.9 Å². The van der Waals surface area contributed by atoms with Crippen LogP contribution in [0.1, 0.15) is 23.6 Å². The molecular formula is C20H18F3N7O. The summed E-state index contributed by atoms with van der Waals surface area (Å²) in [6.45, 7) is 0.765. The number of rotatable bonds is 7. The van der Waals surface area contributed by atoms with Crippen LogP contribution in [0.5, 0.6) is 0 Å². The van der Waals surface area contributed by atoms with Gasteiger partial charge >= 0.3 is 6.43 Å². The van der Waals surface area contributed by atoms with Gasteiger partial charge in [0.15, 0.2) is 0 Å². The maximum absolute atomic E-state index is 14.8. The van der Waals surface area contributed by atoms with Gasteiger partial charge < -0.3 is 9.32 Å². The van der Waals surface area contributed by atoms with Gasteiger partial charge in [0.05, 0.1) is 24.0 Å². The van der Waals surface area contributed by atoms with Crippen LogP contribution in [-0.2, 0) is 13.1 Å². The lowest BCUT2D eigenvalue weighted by atomic mass is 10.1. The predicted octanol–water partition coefficient (Wildman–Crippen LogP) is 3.58. The minimum Gasteiger partial charge on any atom is -0.415 e. The predicted molar refractivity (Wildman–Crippen MR) is 104 cm³/mol. The van der Waals surface area contributed by atoms with Crippen molar-refractivity contribution < 1.29 is 17.6 Å². The summed E-state index contributed by atoms with van der Waals surface area (Å²) < 4.78 is 46.4. The van der Waals surface area contributed by atoms with Crippen molar-refractivity contribution in [3.05, 3.63) is 65.7 Å². The second kappa shape index (κ2) is 8.64. The Labute approximate surface area is 175 Å². The van der Waals surface area contributed by atoms with E-state index in [0.29, 0.717) is 41.2 Å². The number of nitrogens with zero attached hydrogens (tertiary/aromatic N) is 7. The summed E-state index contributed by atoms with van der Waals surface area (Å²) in [4.78, 5) is 6.15. The van der Waals surface area contributed by atoms with E-state index < -0.39 is 12.3 Å². The normalized spacial score (nSPS) is 11.6. The molecule has 0 radical (unpaired) electrons. The van der Waals surface area contributed by atoms with E-state index in [2.05, 4.69) is 25.5 Å². The van der Waals surface area contributed by atoms with Gasteiger partial charge in [-0.1, -0.05) is 17.3 Å². The first-order chi connectivity index (χ1) is 14.9. The zero-order chi connectivity index (χ0) is 22.0. The standard InChI is InChI=1S/C20H18F3N7O/c1-29(2)9-13-4-3-5-15(17(13)21)16-11-30(28-25-16)10-14-7-6-12(8-24-14)19-26-27-20(31-19)18(22)23/h3-8,11,18H,9-10H2,1-2H3. The maximum atomic E-state index is 14.8. The summed E-state index contributed by atoms with van der Waals surface area (Å²) >= 11 is 0. The van der Waals surface area contributed by atoms with Crippen molar-refractivity contribution in [2.24, 2.45) is 0 Å². The molecule has 0 saturated heterocycles. The van der Waals surface area contributed by atoms with Crippen molar-refractivity contribution in [2.75, 3.05) is 14.1 Å². The molecule has 0 atom stereocenters. The van der Waals surface area contributed by atoms with Gasteiger partial charge in [0.2, 0.25) is 5.89 Å². The van der Waals surface area contributed by atoms with Crippen LogP contribution in [-0.4, -0.2) is 49.2 Å². The fourth-order valence-corrected chi connectivity index (χ4v) is 2.99. The van der Waals surface area contributed by atoms with Crippen LogP contribution in [0, 0.1) is 5.82 Å². The van der Waals surface area contributed by atoms with Gasteiger partial charge in [-0.05, 0) is 32.3 Å². The van der Waals surface area contributed by atoms with Crippen molar-refractivity contribution in [3.8, 4) is 22.7 Å². The smallest absolute Gasteiger partial charge is 0.314 e. The van der Waals surface area contributed by atoms with E-state index in [1.807, 2.05) is 19.0 Å². The van der Waals surface area contributed by atoms with Crippen LogP contribution in [0.4, 0.5) is 13.2 Å². The van der Waals surface area contributed by atoms with Crippen LogP contribution >= 0.6 is 0 Å². The third-order valence-electron chi connectivity index (χ3n) is 4.40. The summed E-state index contributed by atoms with van der Waals surface area (Å²) in [5, 5.41) is 15.0. The van der Waals surface area contributed by atoms with Crippen LogP contribution < -0.4 is 0 Å². The molecule has 11 heteroatoms. The zero-order valence-electron chi connectivity index (χ0n) is 16.7. The minimum absolute atomic E-state index is 0.0366.